The van der Waals surface area contributed by atoms with Crippen LogP contribution in [0.1, 0.15) is 20.3 Å². The summed E-state index contributed by atoms with van der Waals surface area (Å²) in [5.74, 6) is 0.220. The molecule has 136 valence electrons. The third kappa shape index (κ3) is 3.67. The first-order valence-corrected chi connectivity index (χ1v) is 9.70. The van der Waals surface area contributed by atoms with Gasteiger partial charge in [-0.2, -0.15) is 0 Å². The largest absolute Gasteiger partial charge is 0.343 e. The molecule has 2 aromatic carbocycles. The lowest BCUT2D eigenvalue weighted by atomic mass is 10.1. The molecule has 1 heterocycles. The number of rotatable bonds is 7. The Morgan fingerprint density at radius 3 is 2.73 bits per heavy atom. The van der Waals surface area contributed by atoms with E-state index in [1.54, 1.807) is 9.47 Å². The van der Waals surface area contributed by atoms with E-state index in [4.69, 9.17) is 0 Å². The molecule has 0 spiro atoms. The molecule has 1 N–H and O–H groups in total. The highest BCUT2D eigenvalue weighted by Crippen LogP contribution is 2.27. The van der Waals surface area contributed by atoms with E-state index < -0.39 is 0 Å². The molecular formula is C19H22N4O2S. The first kappa shape index (κ1) is 18.3. The van der Waals surface area contributed by atoms with Gasteiger partial charge < -0.3 is 4.90 Å². The fourth-order valence-electron chi connectivity index (χ4n) is 2.96. The molecule has 0 unspecified atom stereocenters. The van der Waals surface area contributed by atoms with Gasteiger partial charge in [0.1, 0.15) is 0 Å². The predicted octanol–water partition coefficient (Wildman–Crippen LogP) is 3.28. The Kier molecular flexibility index (Phi) is 5.78. The summed E-state index contributed by atoms with van der Waals surface area (Å²) in [5.41, 5.74) is 0.673. The van der Waals surface area contributed by atoms with Gasteiger partial charge in [0.15, 0.2) is 5.16 Å². The predicted molar refractivity (Wildman–Crippen MR) is 106 cm³/mol. The number of hydrogen-bond acceptors (Lipinski definition) is 4. The fourth-order valence-corrected chi connectivity index (χ4v) is 3.81. The first-order chi connectivity index (χ1) is 12.7. The monoisotopic (exact) mass is 370 g/mol. The molecule has 0 atom stereocenters. The van der Waals surface area contributed by atoms with Gasteiger partial charge in [0, 0.05) is 18.5 Å². The van der Waals surface area contributed by atoms with Crippen molar-refractivity contribution in [2.24, 2.45) is 0 Å². The van der Waals surface area contributed by atoms with E-state index in [-0.39, 0.29) is 17.3 Å². The minimum absolute atomic E-state index is 0.00708. The second-order valence-electron chi connectivity index (χ2n) is 5.89. The highest BCUT2D eigenvalue weighted by atomic mass is 32.2. The lowest BCUT2D eigenvalue weighted by Crippen LogP contribution is -2.32. The average Bonchev–Trinajstić information content (AvgIpc) is 3.01. The van der Waals surface area contributed by atoms with Gasteiger partial charge in [-0.1, -0.05) is 55.1 Å². The number of anilines is 1. The number of amides is 1. The Balaban J connectivity index is 1.80. The number of aromatic amines is 1. The summed E-state index contributed by atoms with van der Waals surface area (Å²) >= 11 is 1.29. The number of nitrogens with one attached hydrogen (secondary N) is 1. The Bertz CT molecular complexity index is 958. The van der Waals surface area contributed by atoms with Crippen LogP contribution in [0.4, 0.5) is 5.69 Å². The SMILES string of the molecule is CCCn1c(SCC(=O)N(CC)c2cccc3ccccc23)n[nH]c1=O. The number of thioether (sulfide) groups is 1. The van der Waals surface area contributed by atoms with Gasteiger partial charge in [0.2, 0.25) is 5.91 Å². The lowest BCUT2D eigenvalue weighted by Gasteiger charge is -2.22. The van der Waals surface area contributed by atoms with E-state index in [0.29, 0.717) is 18.2 Å². The molecule has 0 aliphatic carbocycles. The maximum atomic E-state index is 12.8. The van der Waals surface area contributed by atoms with E-state index in [2.05, 4.69) is 10.2 Å². The number of carbonyl (C=O) groups excluding carboxylic acids is 1. The molecule has 1 aromatic heterocycles. The molecule has 6 nitrogen and oxygen atoms in total. The van der Waals surface area contributed by atoms with Gasteiger partial charge in [-0.25, -0.2) is 9.89 Å². The van der Waals surface area contributed by atoms with Crippen molar-refractivity contribution in [3.05, 3.63) is 52.9 Å². The summed E-state index contributed by atoms with van der Waals surface area (Å²) in [6.07, 6.45) is 0.831. The number of nitrogens with zero attached hydrogens (tertiary/aromatic N) is 3. The summed E-state index contributed by atoms with van der Waals surface area (Å²) < 4.78 is 1.58. The topological polar surface area (TPSA) is 71.0 Å². The smallest absolute Gasteiger partial charge is 0.311 e. The van der Waals surface area contributed by atoms with Gasteiger partial charge in [0.25, 0.3) is 0 Å². The second kappa shape index (κ2) is 8.23. The van der Waals surface area contributed by atoms with E-state index in [9.17, 15) is 9.59 Å². The van der Waals surface area contributed by atoms with Gasteiger partial charge in [-0.05, 0) is 24.8 Å². The molecule has 0 bridgehead atoms. The van der Waals surface area contributed by atoms with Crippen molar-refractivity contribution in [3.63, 3.8) is 0 Å². The molecule has 0 aliphatic rings. The Hall–Kier alpha value is -2.54. The molecule has 0 fully saturated rings. The van der Waals surface area contributed by atoms with Gasteiger partial charge in [-0.3, -0.25) is 9.36 Å². The average molecular weight is 370 g/mol. The zero-order valence-corrected chi connectivity index (χ0v) is 15.8. The van der Waals surface area contributed by atoms with Crippen molar-refractivity contribution in [1.82, 2.24) is 14.8 Å². The molecule has 1 amide bonds. The summed E-state index contributed by atoms with van der Waals surface area (Å²) in [6, 6.07) is 14.0. The van der Waals surface area contributed by atoms with Crippen LogP contribution in [0.5, 0.6) is 0 Å². The normalized spacial score (nSPS) is 11.0. The third-order valence-corrected chi connectivity index (χ3v) is 5.13. The quantitative estimate of drug-likeness (QED) is 0.648. The van der Waals surface area contributed by atoms with Crippen LogP contribution >= 0.6 is 11.8 Å². The van der Waals surface area contributed by atoms with Gasteiger partial charge in [-0.15, -0.1) is 5.10 Å². The van der Waals surface area contributed by atoms with Crippen LogP contribution in [0.15, 0.2) is 52.4 Å². The zero-order chi connectivity index (χ0) is 18.5. The molecule has 0 aliphatic heterocycles. The number of H-pyrrole nitrogens is 1. The Morgan fingerprint density at radius 2 is 1.96 bits per heavy atom. The minimum Gasteiger partial charge on any atom is -0.311 e. The summed E-state index contributed by atoms with van der Waals surface area (Å²) in [5, 5.41) is 9.20. The molecule has 3 rings (SSSR count). The van der Waals surface area contributed by atoms with Gasteiger partial charge in [0.05, 0.1) is 11.4 Å². The molecule has 0 saturated carbocycles. The Morgan fingerprint density at radius 1 is 1.19 bits per heavy atom. The summed E-state index contributed by atoms with van der Waals surface area (Å²) in [6.45, 7) is 5.13. The van der Waals surface area contributed by atoms with Crippen molar-refractivity contribution in [2.75, 3.05) is 17.2 Å². The number of aromatic nitrogens is 3. The van der Waals surface area contributed by atoms with Crippen molar-refractivity contribution in [1.29, 1.82) is 0 Å². The van der Waals surface area contributed by atoms with Crippen LogP contribution in [0, 0.1) is 0 Å². The maximum Gasteiger partial charge on any atom is 0.343 e. The minimum atomic E-state index is -0.233. The van der Waals surface area contributed by atoms with E-state index in [0.717, 1.165) is 22.9 Å². The highest BCUT2D eigenvalue weighted by Gasteiger charge is 2.18. The number of benzene rings is 2. The van der Waals surface area contributed by atoms with Crippen LogP contribution in [0.2, 0.25) is 0 Å². The summed E-state index contributed by atoms with van der Waals surface area (Å²) in [4.78, 5) is 26.4. The molecular weight excluding hydrogens is 348 g/mol. The molecule has 26 heavy (non-hydrogen) atoms. The Labute approximate surface area is 156 Å². The molecule has 0 radical (unpaired) electrons. The number of fused-ring (bicyclic) bond motifs is 1. The lowest BCUT2D eigenvalue weighted by molar-refractivity contribution is -0.116. The van der Waals surface area contributed by atoms with Crippen LogP contribution in [-0.4, -0.2) is 33.0 Å². The fraction of sp³-hybridized carbons (Fsp3) is 0.316. The zero-order valence-electron chi connectivity index (χ0n) is 14.9. The van der Waals surface area contributed by atoms with Crippen LogP contribution < -0.4 is 10.6 Å². The van der Waals surface area contributed by atoms with Crippen LogP contribution in [0.25, 0.3) is 10.8 Å². The number of hydrogen-bond donors (Lipinski definition) is 1. The van der Waals surface area contributed by atoms with Crippen molar-refractivity contribution >= 4 is 34.1 Å². The van der Waals surface area contributed by atoms with Gasteiger partial charge >= 0.3 is 5.69 Å². The van der Waals surface area contributed by atoms with E-state index in [1.807, 2.05) is 56.3 Å². The summed E-state index contributed by atoms with van der Waals surface area (Å²) in [7, 11) is 0. The molecule has 3 aromatic rings. The van der Waals surface area contributed by atoms with Crippen molar-refractivity contribution in [3.8, 4) is 0 Å². The van der Waals surface area contributed by atoms with E-state index in [1.165, 1.54) is 11.8 Å². The second-order valence-corrected chi connectivity index (χ2v) is 6.83. The third-order valence-electron chi connectivity index (χ3n) is 4.17. The standard InChI is InChI=1S/C19H22N4O2S/c1-3-12-23-18(25)20-21-19(23)26-13-17(24)22(4-2)16-11-7-9-14-8-5-6-10-15(14)16/h5-11H,3-4,12-13H2,1-2H3,(H,20,25). The molecule has 0 saturated heterocycles. The van der Waals surface area contributed by atoms with Crippen LogP contribution in [0.3, 0.4) is 0 Å². The van der Waals surface area contributed by atoms with Crippen molar-refractivity contribution in [2.45, 2.75) is 32.0 Å². The van der Waals surface area contributed by atoms with E-state index >= 15 is 0 Å². The van der Waals surface area contributed by atoms with Crippen molar-refractivity contribution < 1.29 is 4.79 Å². The highest BCUT2D eigenvalue weighted by molar-refractivity contribution is 7.99. The first-order valence-electron chi connectivity index (χ1n) is 8.71. The number of carbonyl (C=O) groups is 1. The molecule has 7 heteroatoms. The maximum absolute atomic E-state index is 12.8. The van der Waals surface area contributed by atoms with Crippen LogP contribution in [-0.2, 0) is 11.3 Å².